The van der Waals surface area contributed by atoms with E-state index in [0.717, 1.165) is 11.0 Å². The molecule has 0 aliphatic rings. The predicted octanol–water partition coefficient (Wildman–Crippen LogP) is 1.64. The van der Waals surface area contributed by atoms with Gasteiger partial charge in [0.2, 0.25) is 0 Å². The van der Waals surface area contributed by atoms with Crippen LogP contribution in [0.1, 0.15) is 10.4 Å². The summed E-state index contributed by atoms with van der Waals surface area (Å²) in [6, 6.07) is 3.40. The van der Waals surface area contributed by atoms with Gasteiger partial charge in [0.15, 0.2) is 0 Å². The first kappa shape index (κ1) is 9.08. The Morgan fingerprint density at radius 3 is 3.07 bits per heavy atom. The van der Waals surface area contributed by atoms with Crippen LogP contribution in [0.2, 0.25) is 0 Å². The number of H-pyrrole nitrogens is 1. The first-order chi connectivity index (χ1) is 6.72. The first-order valence-corrected chi connectivity index (χ1v) is 4.41. The molecular weight excluding hydrogens is 200 g/mol. The Kier molecular flexibility index (Phi) is 2.17. The number of esters is 1. The minimum Gasteiger partial charge on any atom is -0.465 e. The van der Waals surface area contributed by atoms with Gasteiger partial charge in [0.25, 0.3) is 0 Å². The van der Waals surface area contributed by atoms with Crippen LogP contribution < -0.4 is 0 Å². The molecule has 0 amide bonds. The van der Waals surface area contributed by atoms with Crippen molar-refractivity contribution in [3.05, 3.63) is 24.0 Å². The number of aromatic nitrogens is 2. The molecule has 0 atom stereocenters. The SMILES string of the molecule is COC(=O)c1cc2[nH]cnc2cc1S. The summed E-state index contributed by atoms with van der Waals surface area (Å²) in [6.07, 6.45) is 1.57. The third-order valence-corrected chi connectivity index (χ3v) is 2.31. The molecule has 0 radical (unpaired) electrons. The lowest BCUT2D eigenvalue weighted by Crippen LogP contribution is -2.02. The number of hydrogen-bond acceptors (Lipinski definition) is 4. The number of ether oxygens (including phenoxy) is 1. The number of carbonyl (C=O) groups is 1. The second kappa shape index (κ2) is 3.34. The monoisotopic (exact) mass is 208 g/mol. The van der Waals surface area contributed by atoms with Crippen LogP contribution in [0.25, 0.3) is 11.0 Å². The normalized spacial score (nSPS) is 10.4. The largest absolute Gasteiger partial charge is 0.465 e. The third-order valence-electron chi connectivity index (χ3n) is 1.94. The maximum Gasteiger partial charge on any atom is 0.339 e. The number of imidazole rings is 1. The molecule has 0 saturated carbocycles. The number of benzene rings is 1. The van der Waals surface area contributed by atoms with Crippen molar-refractivity contribution in [2.75, 3.05) is 7.11 Å². The number of hydrogen-bond donors (Lipinski definition) is 2. The van der Waals surface area contributed by atoms with Crippen molar-refractivity contribution in [2.24, 2.45) is 0 Å². The zero-order chi connectivity index (χ0) is 10.1. The zero-order valence-corrected chi connectivity index (χ0v) is 8.34. The molecule has 1 heterocycles. The fourth-order valence-electron chi connectivity index (χ4n) is 1.24. The van der Waals surface area contributed by atoms with E-state index in [2.05, 4.69) is 27.3 Å². The lowest BCUT2D eigenvalue weighted by Gasteiger charge is -2.02. The van der Waals surface area contributed by atoms with Crippen LogP contribution in [-0.4, -0.2) is 23.0 Å². The van der Waals surface area contributed by atoms with Crippen LogP contribution in [0.5, 0.6) is 0 Å². The van der Waals surface area contributed by atoms with Crippen molar-refractivity contribution in [1.29, 1.82) is 0 Å². The summed E-state index contributed by atoms with van der Waals surface area (Å²) in [6.45, 7) is 0. The quantitative estimate of drug-likeness (QED) is 0.553. The molecule has 0 fully saturated rings. The number of fused-ring (bicyclic) bond motifs is 1. The molecule has 0 spiro atoms. The van der Waals surface area contributed by atoms with Crippen LogP contribution in [0, 0.1) is 0 Å². The molecule has 4 nitrogen and oxygen atoms in total. The highest BCUT2D eigenvalue weighted by molar-refractivity contribution is 7.80. The van der Waals surface area contributed by atoms with Gasteiger partial charge in [-0.3, -0.25) is 0 Å². The minimum absolute atomic E-state index is 0.397. The van der Waals surface area contributed by atoms with Crippen molar-refractivity contribution in [3.63, 3.8) is 0 Å². The zero-order valence-electron chi connectivity index (χ0n) is 7.44. The number of nitrogens with one attached hydrogen (secondary N) is 1. The fourth-order valence-corrected chi connectivity index (χ4v) is 1.52. The van der Waals surface area contributed by atoms with Crippen LogP contribution in [0.15, 0.2) is 23.4 Å². The molecule has 2 rings (SSSR count). The number of rotatable bonds is 1. The molecular formula is C9H8N2O2S. The Balaban J connectivity index is 2.64. The van der Waals surface area contributed by atoms with E-state index in [1.54, 1.807) is 18.5 Å². The Bertz CT molecular complexity index is 493. The van der Waals surface area contributed by atoms with E-state index in [4.69, 9.17) is 0 Å². The molecule has 1 aromatic heterocycles. The smallest absolute Gasteiger partial charge is 0.339 e. The van der Waals surface area contributed by atoms with E-state index in [-0.39, 0.29) is 0 Å². The highest BCUT2D eigenvalue weighted by atomic mass is 32.1. The van der Waals surface area contributed by atoms with Crippen molar-refractivity contribution in [1.82, 2.24) is 9.97 Å². The van der Waals surface area contributed by atoms with Gasteiger partial charge in [0.05, 0.1) is 30.0 Å². The molecule has 1 N–H and O–H groups in total. The summed E-state index contributed by atoms with van der Waals surface area (Å²) in [5, 5.41) is 0. The molecule has 14 heavy (non-hydrogen) atoms. The van der Waals surface area contributed by atoms with Crippen LogP contribution in [-0.2, 0) is 4.74 Å². The molecule has 0 unspecified atom stereocenters. The van der Waals surface area contributed by atoms with E-state index in [0.29, 0.717) is 10.5 Å². The molecule has 0 saturated heterocycles. The van der Waals surface area contributed by atoms with Crippen LogP contribution >= 0.6 is 12.6 Å². The number of nitrogens with zero attached hydrogens (tertiary/aromatic N) is 1. The number of methoxy groups -OCH3 is 1. The molecule has 1 aromatic carbocycles. The summed E-state index contributed by atoms with van der Waals surface area (Å²) >= 11 is 4.19. The summed E-state index contributed by atoms with van der Waals surface area (Å²) in [7, 11) is 1.34. The molecule has 5 heteroatoms. The highest BCUT2D eigenvalue weighted by Crippen LogP contribution is 2.20. The Morgan fingerprint density at radius 1 is 1.57 bits per heavy atom. The third kappa shape index (κ3) is 1.35. The Labute approximate surface area is 85.7 Å². The van der Waals surface area contributed by atoms with Crippen molar-refractivity contribution >= 4 is 29.6 Å². The highest BCUT2D eigenvalue weighted by Gasteiger charge is 2.11. The lowest BCUT2D eigenvalue weighted by atomic mass is 10.2. The maximum atomic E-state index is 11.3. The lowest BCUT2D eigenvalue weighted by molar-refractivity contribution is 0.0597. The average Bonchev–Trinajstić information content (AvgIpc) is 2.62. The first-order valence-electron chi connectivity index (χ1n) is 3.97. The van der Waals surface area contributed by atoms with Crippen LogP contribution in [0.4, 0.5) is 0 Å². The van der Waals surface area contributed by atoms with Gasteiger partial charge in [-0.05, 0) is 12.1 Å². The molecule has 0 bridgehead atoms. The topological polar surface area (TPSA) is 55.0 Å². The second-order valence-corrected chi connectivity index (χ2v) is 3.26. The van der Waals surface area contributed by atoms with Gasteiger partial charge in [-0.25, -0.2) is 9.78 Å². The summed E-state index contributed by atoms with van der Waals surface area (Å²) in [5.41, 5.74) is 2.01. The van der Waals surface area contributed by atoms with E-state index < -0.39 is 5.97 Å². The van der Waals surface area contributed by atoms with Gasteiger partial charge >= 0.3 is 5.97 Å². The predicted molar refractivity (Wildman–Crippen MR) is 54.7 cm³/mol. The van der Waals surface area contributed by atoms with Crippen molar-refractivity contribution in [2.45, 2.75) is 4.90 Å². The van der Waals surface area contributed by atoms with Gasteiger partial charge in [-0.1, -0.05) is 0 Å². The Morgan fingerprint density at radius 2 is 2.36 bits per heavy atom. The summed E-state index contributed by atoms with van der Waals surface area (Å²) < 4.78 is 4.62. The van der Waals surface area contributed by atoms with Crippen molar-refractivity contribution in [3.8, 4) is 0 Å². The average molecular weight is 208 g/mol. The van der Waals surface area contributed by atoms with Gasteiger partial charge in [-0.15, -0.1) is 12.6 Å². The standard InChI is InChI=1S/C9H8N2O2S/c1-13-9(12)5-2-6-7(3-8(5)14)11-4-10-6/h2-4,14H,1H3,(H,10,11). The molecule has 2 aromatic rings. The Hall–Kier alpha value is -1.49. The number of aromatic amines is 1. The van der Waals surface area contributed by atoms with E-state index in [9.17, 15) is 4.79 Å². The minimum atomic E-state index is -0.397. The molecule has 72 valence electrons. The van der Waals surface area contributed by atoms with Gasteiger partial charge < -0.3 is 9.72 Å². The van der Waals surface area contributed by atoms with Crippen LogP contribution in [0.3, 0.4) is 0 Å². The summed E-state index contributed by atoms with van der Waals surface area (Å²) in [4.78, 5) is 18.8. The van der Waals surface area contributed by atoms with Gasteiger partial charge in [-0.2, -0.15) is 0 Å². The van der Waals surface area contributed by atoms with E-state index in [1.165, 1.54) is 7.11 Å². The second-order valence-electron chi connectivity index (χ2n) is 2.78. The number of carbonyl (C=O) groups excluding carboxylic acids is 1. The number of thiol groups is 1. The van der Waals surface area contributed by atoms with Gasteiger partial charge in [0, 0.05) is 4.90 Å². The van der Waals surface area contributed by atoms with Crippen molar-refractivity contribution < 1.29 is 9.53 Å². The molecule has 0 aliphatic heterocycles. The fraction of sp³-hybridized carbons (Fsp3) is 0.111. The van der Waals surface area contributed by atoms with Gasteiger partial charge in [0.1, 0.15) is 0 Å². The maximum absolute atomic E-state index is 11.3. The summed E-state index contributed by atoms with van der Waals surface area (Å²) in [5.74, 6) is -0.397. The van der Waals surface area contributed by atoms with E-state index in [1.807, 2.05) is 0 Å². The molecule has 0 aliphatic carbocycles. The van der Waals surface area contributed by atoms with E-state index >= 15 is 0 Å².